The molecule has 0 amide bonds. The van der Waals surface area contributed by atoms with Crippen LogP contribution in [0.25, 0.3) is 0 Å². The molecule has 0 fully saturated rings. The van der Waals surface area contributed by atoms with E-state index in [1.54, 1.807) is 13.3 Å². The van der Waals surface area contributed by atoms with Crippen LogP contribution in [0.5, 0.6) is 5.75 Å². The third-order valence-electron chi connectivity index (χ3n) is 2.92. The van der Waals surface area contributed by atoms with Gasteiger partial charge < -0.3 is 15.4 Å². The highest BCUT2D eigenvalue weighted by molar-refractivity contribution is 5.40. The number of aromatic nitrogens is 2. The van der Waals surface area contributed by atoms with E-state index < -0.39 is 0 Å². The number of nitrogens with one attached hydrogen (secondary N) is 2. The van der Waals surface area contributed by atoms with Gasteiger partial charge >= 0.3 is 0 Å². The average molecular weight is 286 g/mol. The highest BCUT2D eigenvalue weighted by Gasteiger charge is 2.01. The Labute approximate surface area is 125 Å². The molecule has 1 aromatic carbocycles. The number of rotatable bonds is 7. The topological polar surface area (TPSA) is 59.1 Å². The maximum Gasteiger partial charge on any atom is 0.224 e. The predicted molar refractivity (Wildman–Crippen MR) is 86.0 cm³/mol. The summed E-state index contributed by atoms with van der Waals surface area (Å²) in [6.07, 6.45) is 2.65. The van der Waals surface area contributed by atoms with Crippen LogP contribution in [0.1, 0.15) is 19.4 Å². The van der Waals surface area contributed by atoms with Gasteiger partial charge in [0.25, 0.3) is 0 Å². The van der Waals surface area contributed by atoms with Gasteiger partial charge in [0.15, 0.2) is 0 Å². The molecular formula is C16H22N4O. The lowest BCUT2D eigenvalue weighted by molar-refractivity contribution is 0.414. The normalized spacial score (nSPS) is 10.5. The summed E-state index contributed by atoms with van der Waals surface area (Å²) >= 11 is 0. The van der Waals surface area contributed by atoms with E-state index in [1.165, 1.54) is 5.56 Å². The Morgan fingerprint density at radius 2 is 2.10 bits per heavy atom. The zero-order valence-electron chi connectivity index (χ0n) is 12.8. The molecule has 0 bridgehead atoms. The fourth-order valence-electron chi connectivity index (χ4n) is 1.97. The third kappa shape index (κ3) is 4.95. The number of nitrogens with zero attached hydrogens (tertiary/aromatic N) is 2. The smallest absolute Gasteiger partial charge is 0.224 e. The Morgan fingerprint density at radius 1 is 1.24 bits per heavy atom. The van der Waals surface area contributed by atoms with E-state index in [0.29, 0.717) is 12.0 Å². The molecule has 0 saturated heterocycles. The van der Waals surface area contributed by atoms with Crippen molar-refractivity contribution in [1.29, 1.82) is 0 Å². The average Bonchev–Trinajstić information content (AvgIpc) is 2.47. The van der Waals surface area contributed by atoms with E-state index in [0.717, 1.165) is 24.5 Å². The van der Waals surface area contributed by atoms with Crippen molar-refractivity contribution in [3.63, 3.8) is 0 Å². The number of hydrogen-bond acceptors (Lipinski definition) is 5. The van der Waals surface area contributed by atoms with Crippen molar-refractivity contribution in [3.05, 3.63) is 42.1 Å². The summed E-state index contributed by atoms with van der Waals surface area (Å²) in [7, 11) is 1.68. The first-order valence-corrected chi connectivity index (χ1v) is 7.14. The van der Waals surface area contributed by atoms with E-state index in [4.69, 9.17) is 4.74 Å². The maximum absolute atomic E-state index is 5.22. The van der Waals surface area contributed by atoms with Crippen molar-refractivity contribution in [2.75, 3.05) is 24.3 Å². The Kier molecular flexibility index (Phi) is 5.37. The van der Waals surface area contributed by atoms with Gasteiger partial charge in [-0.1, -0.05) is 12.1 Å². The molecule has 0 aliphatic rings. The standard InChI is InChI=1S/C16H22N4O/c1-12(2)19-15-8-10-18-16(20-15)17-9-7-13-5-4-6-14(11-13)21-3/h4-6,8,10-12H,7,9H2,1-3H3,(H2,17,18,19,20). The highest BCUT2D eigenvalue weighted by Crippen LogP contribution is 2.13. The zero-order valence-corrected chi connectivity index (χ0v) is 12.8. The van der Waals surface area contributed by atoms with Crippen molar-refractivity contribution >= 4 is 11.8 Å². The van der Waals surface area contributed by atoms with E-state index in [9.17, 15) is 0 Å². The van der Waals surface area contributed by atoms with Crippen molar-refractivity contribution < 1.29 is 4.74 Å². The number of methoxy groups -OCH3 is 1. The molecule has 1 heterocycles. The fraction of sp³-hybridized carbons (Fsp3) is 0.375. The number of hydrogen-bond donors (Lipinski definition) is 2. The van der Waals surface area contributed by atoms with Gasteiger partial charge in [0.1, 0.15) is 11.6 Å². The lowest BCUT2D eigenvalue weighted by Crippen LogP contribution is -2.13. The van der Waals surface area contributed by atoms with Crippen LogP contribution < -0.4 is 15.4 Å². The van der Waals surface area contributed by atoms with Crippen LogP contribution in [0, 0.1) is 0 Å². The van der Waals surface area contributed by atoms with Crippen LogP contribution in [0.4, 0.5) is 11.8 Å². The van der Waals surface area contributed by atoms with Crippen LogP contribution in [0.3, 0.4) is 0 Å². The summed E-state index contributed by atoms with van der Waals surface area (Å²) in [4.78, 5) is 8.64. The maximum atomic E-state index is 5.22. The van der Waals surface area contributed by atoms with E-state index in [-0.39, 0.29) is 0 Å². The molecular weight excluding hydrogens is 264 g/mol. The monoisotopic (exact) mass is 286 g/mol. The lowest BCUT2D eigenvalue weighted by Gasteiger charge is -2.10. The van der Waals surface area contributed by atoms with Crippen LogP contribution in [-0.2, 0) is 6.42 Å². The minimum atomic E-state index is 0.351. The minimum Gasteiger partial charge on any atom is -0.497 e. The molecule has 0 aliphatic heterocycles. The molecule has 5 heteroatoms. The number of benzene rings is 1. The Balaban J connectivity index is 1.88. The molecule has 0 spiro atoms. The van der Waals surface area contributed by atoms with Crippen molar-refractivity contribution in [2.24, 2.45) is 0 Å². The summed E-state index contributed by atoms with van der Waals surface area (Å²) in [6, 6.07) is 10.3. The molecule has 2 rings (SSSR count). The minimum absolute atomic E-state index is 0.351. The van der Waals surface area contributed by atoms with Crippen molar-refractivity contribution in [1.82, 2.24) is 9.97 Å². The van der Waals surface area contributed by atoms with Gasteiger partial charge in [-0.3, -0.25) is 0 Å². The molecule has 0 unspecified atom stereocenters. The molecule has 2 aromatic rings. The number of ether oxygens (including phenoxy) is 1. The van der Waals surface area contributed by atoms with E-state index in [2.05, 4.69) is 40.5 Å². The SMILES string of the molecule is COc1cccc(CCNc2nccc(NC(C)C)n2)c1. The molecule has 1 aromatic heterocycles. The number of anilines is 2. The summed E-state index contributed by atoms with van der Waals surface area (Å²) in [5.74, 6) is 2.36. The summed E-state index contributed by atoms with van der Waals surface area (Å²) in [5, 5.41) is 6.50. The largest absolute Gasteiger partial charge is 0.497 e. The van der Waals surface area contributed by atoms with Crippen LogP contribution >= 0.6 is 0 Å². The molecule has 0 aliphatic carbocycles. The molecule has 0 radical (unpaired) electrons. The van der Waals surface area contributed by atoms with Gasteiger partial charge in [0.05, 0.1) is 7.11 Å². The summed E-state index contributed by atoms with van der Waals surface area (Å²) in [5.41, 5.74) is 1.22. The summed E-state index contributed by atoms with van der Waals surface area (Å²) in [6.45, 7) is 4.94. The van der Waals surface area contributed by atoms with Gasteiger partial charge in [-0.2, -0.15) is 4.98 Å². The van der Waals surface area contributed by atoms with Gasteiger partial charge in [0.2, 0.25) is 5.95 Å². The Morgan fingerprint density at radius 3 is 2.86 bits per heavy atom. The molecule has 112 valence electrons. The van der Waals surface area contributed by atoms with E-state index >= 15 is 0 Å². The molecule has 0 atom stereocenters. The van der Waals surface area contributed by atoms with Crippen LogP contribution in [0.15, 0.2) is 36.5 Å². The zero-order chi connectivity index (χ0) is 15.1. The first-order chi connectivity index (χ1) is 10.2. The molecule has 5 nitrogen and oxygen atoms in total. The van der Waals surface area contributed by atoms with Gasteiger partial charge in [-0.25, -0.2) is 4.98 Å². The lowest BCUT2D eigenvalue weighted by atomic mass is 10.1. The van der Waals surface area contributed by atoms with Crippen molar-refractivity contribution in [2.45, 2.75) is 26.3 Å². The highest BCUT2D eigenvalue weighted by atomic mass is 16.5. The van der Waals surface area contributed by atoms with Gasteiger partial charge in [-0.15, -0.1) is 0 Å². The fourth-order valence-corrected chi connectivity index (χ4v) is 1.97. The second-order valence-electron chi connectivity index (χ2n) is 5.09. The second kappa shape index (κ2) is 7.47. The Hall–Kier alpha value is -2.30. The van der Waals surface area contributed by atoms with Crippen LogP contribution in [-0.4, -0.2) is 29.7 Å². The van der Waals surface area contributed by atoms with Crippen molar-refractivity contribution in [3.8, 4) is 5.75 Å². The predicted octanol–water partition coefficient (Wildman–Crippen LogP) is 2.96. The van der Waals surface area contributed by atoms with E-state index in [1.807, 2.05) is 24.3 Å². The molecule has 0 saturated carbocycles. The third-order valence-corrected chi connectivity index (χ3v) is 2.92. The first-order valence-electron chi connectivity index (χ1n) is 7.14. The van der Waals surface area contributed by atoms with Crippen LogP contribution in [0.2, 0.25) is 0 Å². The molecule has 21 heavy (non-hydrogen) atoms. The Bertz CT molecular complexity index is 572. The quantitative estimate of drug-likeness (QED) is 0.819. The first kappa shape index (κ1) is 15.1. The summed E-state index contributed by atoms with van der Waals surface area (Å²) < 4.78 is 5.22. The molecule has 2 N–H and O–H groups in total. The second-order valence-corrected chi connectivity index (χ2v) is 5.09. The van der Waals surface area contributed by atoms with Gasteiger partial charge in [0, 0.05) is 18.8 Å². The van der Waals surface area contributed by atoms with Gasteiger partial charge in [-0.05, 0) is 44.0 Å².